The molecule has 2 aromatic rings. The summed E-state index contributed by atoms with van der Waals surface area (Å²) in [4.78, 5) is 31.7. The minimum absolute atomic E-state index is 0.00540. The lowest BCUT2D eigenvalue weighted by Gasteiger charge is -2.22. The minimum atomic E-state index is -1.15. The average Bonchev–Trinajstić information content (AvgIpc) is 2.43. The molecule has 6 nitrogen and oxygen atoms in total. The maximum Gasteiger partial charge on any atom is 0.320 e. The fourth-order valence-corrected chi connectivity index (χ4v) is 2.04. The van der Waals surface area contributed by atoms with Crippen molar-refractivity contribution in [3.63, 3.8) is 0 Å². The number of halogens is 2. The lowest BCUT2D eigenvalue weighted by molar-refractivity contribution is -0.135. The molecule has 8 heteroatoms. The van der Waals surface area contributed by atoms with Crippen LogP contribution in [0, 0.1) is 0 Å². The molecule has 2 rings (SSSR count). The Kier molecular flexibility index (Phi) is 4.16. The number of nitrogens with zero attached hydrogens (tertiary/aromatic N) is 3. The van der Waals surface area contributed by atoms with Gasteiger partial charge in [0.2, 0.25) is 0 Å². The van der Waals surface area contributed by atoms with Crippen LogP contribution in [0.2, 0.25) is 10.3 Å². The first-order valence-electron chi connectivity index (χ1n) is 5.37. The number of amides is 2. The van der Waals surface area contributed by atoms with E-state index in [2.05, 4.69) is 9.97 Å². The Morgan fingerprint density at radius 2 is 1.60 bits per heavy atom. The zero-order valence-corrected chi connectivity index (χ0v) is 11.5. The van der Waals surface area contributed by atoms with Crippen molar-refractivity contribution in [2.24, 2.45) is 5.73 Å². The Balaban J connectivity index is 2.64. The molecule has 1 heterocycles. The van der Waals surface area contributed by atoms with Crippen LogP contribution in [0.25, 0.3) is 0 Å². The van der Waals surface area contributed by atoms with Crippen LogP contribution in [0.15, 0.2) is 36.7 Å². The number of aromatic nitrogens is 2. The fraction of sp³-hybridized carbons (Fsp3) is 0. The van der Waals surface area contributed by atoms with Crippen LogP contribution in [0.3, 0.4) is 0 Å². The van der Waals surface area contributed by atoms with Gasteiger partial charge in [-0.1, -0.05) is 41.4 Å². The van der Waals surface area contributed by atoms with Gasteiger partial charge < -0.3 is 5.73 Å². The third-order valence-corrected chi connectivity index (χ3v) is 2.94. The number of carbonyl (C=O) groups is 2. The third kappa shape index (κ3) is 2.71. The largest absolute Gasteiger partial charge is 0.361 e. The summed E-state index contributed by atoms with van der Waals surface area (Å²) in [6.45, 7) is 0. The molecule has 0 bridgehead atoms. The first kappa shape index (κ1) is 14.2. The SMILES string of the molecule is NC(=O)C(=O)N(c1ccccc1)c1c(Cl)ncnc1Cl. The van der Waals surface area contributed by atoms with Gasteiger partial charge in [-0.05, 0) is 12.1 Å². The van der Waals surface area contributed by atoms with E-state index in [1.807, 2.05) is 0 Å². The van der Waals surface area contributed by atoms with Crippen molar-refractivity contribution in [3.05, 3.63) is 47.0 Å². The van der Waals surface area contributed by atoms with Gasteiger partial charge in [0.15, 0.2) is 10.3 Å². The van der Waals surface area contributed by atoms with Gasteiger partial charge in [-0.2, -0.15) is 0 Å². The van der Waals surface area contributed by atoms with Crippen LogP contribution in [0.1, 0.15) is 0 Å². The number of carbonyl (C=O) groups excluding carboxylic acids is 2. The maximum atomic E-state index is 12.0. The number of benzene rings is 1. The van der Waals surface area contributed by atoms with Gasteiger partial charge in [0, 0.05) is 5.69 Å². The van der Waals surface area contributed by atoms with Crippen LogP contribution in [0.5, 0.6) is 0 Å². The molecule has 0 saturated heterocycles. The first-order chi connectivity index (χ1) is 9.52. The van der Waals surface area contributed by atoms with E-state index in [9.17, 15) is 9.59 Å². The summed E-state index contributed by atoms with van der Waals surface area (Å²) in [6, 6.07) is 8.31. The molecule has 0 unspecified atom stereocenters. The second-order valence-electron chi connectivity index (χ2n) is 3.64. The summed E-state index contributed by atoms with van der Waals surface area (Å²) in [6.07, 6.45) is 1.14. The molecule has 0 fully saturated rings. The van der Waals surface area contributed by atoms with Gasteiger partial charge >= 0.3 is 11.8 Å². The molecular weight excluding hydrogens is 303 g/mol. The number of nitrogens with two attached hydrogens (primary N) is 1. The Hall–Kier alpha value is -2.18. The van der Waals surface area contributed by atoms with E-state index in [4.69, 9.17) is 28.9 Å². The molecule has 0 aliphatic heterocycles. The molecule has 20 heavy (non-hydrogen) atoms. The second kappa shape index (κ2) is 5.85. The molecule has 0 aliphatic rings. The summed E-state index contributed by atoms with van der Waals surface area (Å²) in [7, 11) is 0. The molecular formula is C12H8Cl2N4O2. The van der Waals surface area contributed by atoms with Gasteiger partial charge in [0.25, 0.3) is 0 Å². The number of primary amides is 1. The smallest absolute Gasteiger partial charge is 0.320 e. The number of para-hydroxylation sites is 1. The van der Waals surface area contributed by atoms with Gasteiger partial charge in [-0.3, -0.25) is 14.5 Å². The lowest BCUT2D eigenvalue weighted by atomic mass is 10.2. The van der Waals surface area contributed by atoms with Crippen LogP contribution in [0.4, 0.5) is 11.4 Å². The highest BCUT2D eigenvalue weighted by Crippen LogP contribution is 2.35. The number of rotatable bonds is 2. The maximum absolute atomic E-state index is 12.0. The molecule has 1 aromatic heterocycles. The second-order valence-corrected chi connectivity index (χ2v) is 4.36. The quantitative estimate of drug-likeness (QED) is 0.678. The van der Waals surface area contributed by atoms with E-state index in [0.717, 1.165) is 11.2 Å². The van der Waals surface area contributed by atoms with E-state index >= 15 is 0 Å². The lowest BCUT2D eigenvalue weighted by Crippen LogP contribution is -2.37. The molecule has 2 amide bonds. The van der Waals surface area contributed by atoms with Crippen molar-refractivity contribution in [3.8, 4) is 0 Å². The van der Waals surface area contributed by atoms with Crippen molar-refractivity contribution in [1.29, 1.82) is 0 Å². The molecule has 0 saturated carbocycles. The van der Waals surface area contributed by atoms with E-state index in [-0.39, 0.29) is 16.0 Å². The van der Waals surface area contributed by atoms with Crippen LogP contribution >= 0.6 is 23.2 Å². The summed E-state index contributed by atoms with van der Waals surface area (Å²) in [5.74, 6) is -2.14. The summed E-state index contributed by atoms with van der Waals surface area (Å²) in [5.41, 5.74) is 5.43. The van der Waals surface area contributed by atoms with Crippen LogP contribution in [-0.2, 0) is 9.59 Å². The third-order valence-electron chi connectivity index (χ3n) is 2.38. The molecule has 0 aliphatic carbocycles. The van der Waals surface area contributed by atoms with Gasteiger partial charge in [-0.25, -0.2) is 9.97 Å². The Labute approximate surface area is 124 Å². The number of hydrogen-bond donors (Lipinski definition) is 1. The standard InChI is InChI=1S/C12H8Cl2N4O2/c13-9-8(10(14)17-6-16-9)18(12(20)11(15)19)7-4-2-1-3-5-7/h1-6H,(H2,15,19). The van der Waals surface area contributed by atoms with Crippen LogP contribution in [-0.4, -0.2) is 21.8 Å². The van der Waals surface area contributed by atoms with Crippen molar-refractivity contribution in [2.75, 3.05) is 4.90 Å². The molecule has 0 spiro atoms. The minimum Gasteiger partial charge on any atom is -0.361 e. The predicted octanol–water partition coefficient (Wildman–Crippen LogP) is 1.93. The average molecular weight is 311 g/mol. The van der Waals surface area contributed by atoms with Gasteiger partial charge in [-0.15, -0.1) is 0 Å². The Morgan fingerprint density at radius 3 is 2.10 bits per heavy atom. The monoisotopic (exact) mass is 310 g/mol. The highest BCUT2D eigenvalue weighted by atomic mass is 35.5. The van der Waals surface area contributed by atoms with Gasteiger partial charge in [0.1, 0.15) is 12.0 Å². The zero-order valence-electron chi connectivity index (χ0n) is 9.96. The Bertz CT molecular complexity index is 644. The molecule has 0 radical (unpaired) electrons. The molecule has 102 valence electrons. The van der Waals surface area contributed by atoms with E-state index in [0.29, 0.717) is 5.69 Å². The fourth-order valence-electron chi connectivity index (χ4n) is 1.56. The van der Waals surface area contributed by atoms with Crippen molar-refractivity contribution in [1.82, 2.24) is 9.97 Å². The van der Waals surface area contributed by atoms with Crippen LogP contribution < -0.4 is 10.6 Å². The topological polar surface area (TPSA) is 89.2 Å². The molecule has 0 atom stereocenters. The van der Waals surface area contributed by atoms with Crippen molar-refractivity contribution < 1.29 is 9.59 Å². The zero-order chi connectivity index (χ0) is 14.7. The predicted molar refractivity (Wildman–Crippen MR) is 74.8 cm³/mol. The molecule has 1 aromatic carbocycles. The van der Waals surface area contributed by atoms with Crippen molar-refractivity contribution >= 4 is 46.4 Å². The molecule has 2 N–H and O–H groups in total. The van der Waals surface area contributed by atoms with E-state index in [1.54, 1.807) is 30.3 Å². The highest BCUT2D eigenvalue weighted by Gasteiger charge is 2.27. The Morgan fingerprint density at radius 1 is 1.05 bits per heavy atom. The summed E-state index contributed by atoms with van der Waals surface area (Å²) < 4.78 is 0. The summed E-state index contributed by atoms with van der Waals surface area (Å²) >= 11 is 11.9. The van der Waals surface area contributed by atoms with E-state index < -0.39 is 11.8 Å². The first-order valence-corrected chi connectivity index (χ1v) is 6.13. The van der Waals surface area contributed by atoms with Crippen molar-refractivity contribution in [2.45, 2.75) is 0 Å². The normalized spacial score (nSPS) is 10.1. The summed E-state index contributed by atoms with van der Waals surface area (Å²) in [5, 5.41) is -0.132. The number of hydrogen-bond acceptors (Lipinski definition) is 4. The van der Waals surface area contributed by atoms with E-state index in [1.165, 1.54) is 0 Å². The number of anilines is 2. The van der Waals surface area contributed by atoms with Gasteiger partial charge in [0.05, 0.1) is 0 Å². The highest BCUT2D eigenvalue weighted by molar-refractivity contribution is 6.45.